The molecule has 25 heavy (non-hydrogen) atoms. The van der Waals surface area contributed by atoms with E-state index < -0.39 is 9.84 Å². The predicted octanol–water partition coefficient (Wildman–Crippen LogP) is 3.41. The molecule has 3 rings (SSSR count). The van der Waals surface area contributed by atoms with Gasteiger partial charge in [-0.1, -0.05) is 38.1 Å². The Kier molecular flexibility index (Phi) is 5.41. The maximum absolute atomic E-state index is 11.5. The molecule has 1 aliphatic heterocycles. The lowest BCUT2D eigenvalue weighted by atomic mass is 10.0. The molecule has 2 aromatic rings. The van der Waals surface area contributed by atoms with Crippen molar-refractivity contribution in [1.29, 1.82) is 0 Å². The quantitative estimate of drug-likeness (QED) is 0.773. The Morgan fingerprint density at radius 3 is 2.64 bits per heavy atom. The molecule has 1 aromatic carbocycles. The average molecular weight is 396 g/mol. The molecular formula is C17H21N3O2S3. The predicted molar refractivity (Wildman–Crippen MR) is 108 cm³/mol. The van der Waals surface area contributed by atoms with Crippen LogP contribution >= 0.6 is 23.6 Å². The molecule has 8 heteroatoms. The molecule has 0 bridgehead atoms. The number of nitrogens with one attached hydrogen (secondary N) is 2. The van der Waals surface area contributed by atoms with Gasteiger partial charge in [-0.2, -0.15) is 0 Å². The number of hydrogen-bond donors (Lipinski definition) is 2. The smallest absolute Gasteiger partial charge is 0.189 e. The summed E-state index contributed by atoms with van der Waals surface area (Å²) in [7, 11) is -2.92. The highest BCUT2D eigenvalue weighted by Gasteiger charge is 2.28. The van der Waals surface area contributed by atoms with E-state index in [0.717, 1.165) is 11.3 Å². The highest BCUT2D eigenvalue weighted by molar-refractivity contribution is 7.91. The maximum Gasteiger partial charge on any atom is 0.189 e. The zero-order valence-corrected chi connectivity index (χ0v) is 16.6. The lowest BCUT2D eigenvalue weighted by Gasteiger charge is -2.13. The third-order valence-corrected chi connectivity index (χ3v) is 6.91. The van der Waals surface area contributed by atoms with E-state index in [2.05, 4.69) is 53.7 Å². The van der Waals surface area contributed by atoms with Crippen molar-refractivity contribution in [2.45, 2.75) is 32.2 Å². The fourth-order valence-corrected chi connectivity index (χ4v) is 5.46. The summed E-state index contributed by atoms with van der Waals surface area (Å²) < 4.78 is 23.0. The van der Waals surface area contributed by atoms with Crippen molar-refractivity contribution in [2.24, 2.45) is 0 Å². The third-order valence-electron chi connectivity index (χ3n) is 4.17. The van der Waals surface area contributed by atoms with Crippen LogP contribution in [0.1, 0.15) is 31.7 Å². The summed E-state index contributed by atoms with van der Waals surface area (Å²) in [5.41, 5.74) is 3.26. The lowest BCUT2D eigenvalue weighted by molar-refractivity contribution is 0.600. The molecule has 134 valence electrons. The molecule has 0 unspecified atom stereocenters. The van der Waals surface area contributed by atoms with E-state index in [1.165, 1.54) is 16.9 Å². The van der Waals surface area contributed by atoms with Crippen LogP contribution in [0.15, 0.2) is 29.6 Å². The summed E-state index contributed by atoms with van der Waals surface area (Å²) in [5.74, 6) is 0.867. The summed E-state index contributed by atoms with van der Waals surface area (Å²) in [5, 5.41) is 9.20. The Bertz CT molecular complexity index is 858. The Morgan fingerprint density at radius 2 is 2.04 bits per heavy atom. The average Bonchev–Trinajstić information content (AvgIpc) is 3.13. The minimum absolute atomic E-state index is 0.118. The molecule has 1 atom stereocenters. The standard InChI is InChI=1S/C17H21N3O2S3/c1-11(2)12-3-5-13(6-4-12)15-9-24-17(19-15)20-16(23)18-14-7-8-25(21,22)10-14/h3-6,9,11,14H,7-8,10H2,1-2H3,(H2,18,19,20,23)/t14-/m1/s1. The first-order valence-corrected chi connectivity index (χ1v) is 11.3. The molecule has 0 amide bonds. The summed E-state index contributed by atoms with van der Waals surface area (Å²) in [4.78, 5) is 4.56. The van der Waals surface area contributed by atoms with Crippen molar-refractivity contribution >= 4 is 43.6 Å². The van der Waals surface area contributed by atoms with Crippen molar-refractivity contribution in [2.75, 3.05) is 16.8 Å². The second-order valence-electron chi connectivity index (χ2n) is 6.51. The van der Waals surface area contributed by atoms with Crippen LogP contribution in [-0.2, 0) is 9.84 Å². The highest BCUT2D eigenvalue weighted by atomic mass is 32.2. The van der Waals surface area contributed by atoms with Gasteiger partial charge >= 0.3 is 0 Å². The molecule has 1 aromatic heterocycles. The summed E-state index contributed by atoms with van der Waals surface area (Å²) in [6.45, 7) is 4.34. The fourth-order valence-electron chi connectivity index (χ4n) is 2.73. The fraction of sp³-hybridized carbons (Fsp3) is 0.412. The zero-order chi connectivity index (χ0) is 18.0. The van der Waals surface area contributed by atoms with E-state index >= 15 is 0 Å². The van der Waals surface area contributed by atoms with Gasteiger partial charge in [0.25, 0.3) is 0 Å². The lowest BCUT2D eigenvalue weighted by Crippen LogP contribution is -2.38. The maximum atomic E-state index is 11.5. The van der Waals surface area contributed by atoms with E-state index in [1.54, 1.807) is 0 Å². The molecular weight excluding hydrogens is 374 g/mol. The number of benzene rings is 1. The number of nitrogens with zero attached hydrogens (tertiary/aromatic N) is 1. The van der Waals surface area contributed by atoms with Gasteiger partial charge < -0.3 is 10.6 Å². The van der Waals surface area contributed by atoms with Crippen LogP contribution in [0.25, 0.3) is 11.3 Å². The number of sulfone groups is 1. The first-order chi connectivity index (χ1) is 11.8. The molecule has 0 spiro atoms. The third kappa shape index (κ3) is 4.77. The van der Waals surface area contributed by atoms with Crippen LogP contribution in [-0.4, -0.2) is 36.1 Å². The van der Waals surface area contributed by atoms with Gasteiger partial charge in [0, 0.05) is 17.0 Å². The minimum atomic E-state index is -2.92. The van der Waals surface area contributed by atoms with E-state index in [1.807, 2.05) is 5.38 Å². The molecule has 1 fully saturated rings. The minimum Gasteiger partial charge on any atom is -0.359 e. The van der Waals surface area contributed by atoms with Crippen LogP contribution in [0, 0.1) is 0 Å². The molecule has 2 heterocycles. The number of thiocarbonyl (C=S) groups is 1. The number of anilines is 1. The molecule has 0 aliphatic carbocycles. The Labute approximate surface area is 157 Å². The zero-order valence-electron chi connectivity index (χ0n) is 14.2. The Balaban J connectivity index is 1.60. The van der Waals surface area contributed by atoms with E-state index in [4.69, 9.17) is 12.2 Å². The number of thiazole rings is 1. The van der Waals surface area contributed by atoms with Crippen molar-refractivity contribution in [3.05, 3.63) is 35.2 Å². The second kappa shape index (κ2) is 7.39. The van der Waals surface area contributed by atoms with Crippen molar-refractivity contribution in [3.63, 3.8) is 0 Å². The van der Waals surface area contributed by atoms with Gasteiger partial charge in [0.2, 0.25) is 0 Å². The van der Waals surface area contributed by atoms with Crippen molar-refractivity contribution < 1.29 is 8.42 Å². The van der Waals surface area contributed by atoms with Gasteiger partial charge in [-0.05, 0) is 30.1 Å². The monoisotopic (exact) mass is 395 g/mol. The topological polar surface area (TPSA) is 71.1 Å². The molecule has 1 aliphatic rings. The number of hydrogen-bond acceptors (Lipinski definition) is 5. The Hall–Kier alpha value is -1.51. The molecule has 5 nitrogen and oxygen atoms in total. The number of rotatable bonds is 4. The van der Waals surface area contributed by atoms with E-state index in [0.29, 0.717) is 22.6 Å². The van der Waals surface area contributed by atoms with Crippen molar-refractivity contribution in [1.82, 2.24) is 10.3 Å². The Morgan fingerprint density at radius 1 is 1.32 bits per heavy atom. The molecule has 0 radical (unpaired) electrons. The summed E-state index contributed by atoms with van der Waals surface area (Å²) >= 11 is 6.74. The first-order valence-electron chi connectivity index (χ1n) is 8.16. The highest BCUT2D eigenvalue weighted by Crippen LogP contribution is 2.26. The van der Waals surface area contributed by atoms with Crippen LogP contribution in [0.4, 0.5) is 5.13 Å². The van der Waals surface area contributed by atoms with Gasteiger partial charge in [-0.25, -0.2) is 13.4 Å². The van der Waals surface area contributed by atoms with Gasteiger partial charge in [0.1, 0.15) is 0 Å². The van der Waals surface area contributed by atoms with Crippen LogP contribution in [0.5, 0.6) is 0 Å². The van der Waals surface area contributed by atoms with Gasteiger partial charge in [-0.3, -0.25) is 0 Å². The van der Waals surface area contributed by atoms with Crippen LogP contribution in [0.2, 0.25) is 0 Å². The molecule has 2 N–H and O–H groups in total. The van der Waals surface area contributed by atoms with Crippen LogP contribution < -0.4 is 10.6 Å². The molecule has 0 saturated carbocycles. The van der Waals surface area contributed by atoms with Gasteiger partial charge in [0.05, 0.1) is 17.2 Å². The van der Waals surface area contributed by atoms with Crippen LogP contribution in [0.3, 0.4) is 0 Å². The van der Waals surface area contributed by atoms with E-state index in [9.17, 15) is 8.42 Å². The van der Waals surface area contributed by atoms with Crippen molar-refractivity contribution in [3.8, 4) is 11.3 Å². The normalized spacial score (nSPS) is 19.1. The van der Waals surface area contributed by atoms with Gasteiger partial charge in [-0.15, -0.1) is 11.3 Å². The summed E-state index contributed by atoms with van der Waals surface area (Å²) in [6, 6.07) is 8.29. The number of aromatic nitrogens is 1. The SMILES string of the molecule is CC(C)c1ccc(-c2csc(NC(=S)N[C@@H]3CCS(=O)(=O)C3)n2)cc1. The van der Waals surface area contributed by atoms with Gasteiger partial charge in [0.15, 0.2) is 20.1 Å². The summed E-state index contributed by atoms with van der Waals surface area (Å²) in [6.07, 6.45) is 0.593. The van der Waals surface area contributed by atoms with E-state index in [-0.39, 0.29) is 17.5 Å². The molecule has 1 saturated heterocycles. The largest absolute Gasteiger partial charge is 0.359 e. The second-order valence-corrected chi connectivity index (χ2v) is 10.0. The first kappa shape index (κ1) is 18.3.